The van der Waals surface area contributed by atoms with Crippen LogP contribution in [0.4, 0.5) is 23.7 Å². The van der Waals surface area contributed by atoms with Crippen molar-refractivity contribution >= 4 is 44.7 Å². The van der Waals surface area contributed by atoms with Crippen molar-refractivity contribution < 1.29 is 36.3 Å². The average Bonchev–Trinajstić information content (AvgIpc) is 3.05. The Morgan fingerprint density at radius 3 is 2.33 bits per heavy atom. The minimum Gasteiger partial charge on any atom is -0.376 e. The molecule has 1 aromatic rings. The molecule has 1 aliphatic carbocycles. The minimum atomic E-state index is -4.89. The van der Waals surface area contributed by atoms with Crippen LogP contribution in [0.15, 0.2) is 47.4 Å². The Labute approximate surface area is 230 Å². The van der Waals surface area contributed by atoms with Gasteiger partial charge in [-0.05, 0) is 44.5 Å². The molecule has 3 amide bonds. The van der Waals surface area contributed by atoms with Gasteiger partial charge in [0.15, 0.2) is 5.60 Å². The Morgan fingerprint density at radius 1 is 1.15 bits per heavy atom. The number of halogens is 3. The Kier molecular flexibility index (Phi) is 7.47. The van der Waals surface area contributed by atoms with Crippen molar-refractivity contribution in [3.63, 3.8) is 0 Å². The molecule has 212 valence electrons. The van der Waals surface area contributed by atoms with Gasteiger partial charge in [-0.3, -0.25) is 10.1 Å². The van der Waals surface area contributed by atoms with Gasteiger partial charge in [-0.25, -0.2) is 13.2 Å². The molecule has 1 aromatic carbocycles. The Hall–Kier alpha value is -2.81. The molecule has 0 spiro atoms. The summed E-state index contributed by atoms with van der Waals surface area (Å²) in [5.41, 5.74) is -4.14. The molecule has 2 fully saturated rings. The number of hydrogen-bond acceptors (Lipinski definition) is 7. The third-order valence-electron chi connectivity index (χ3n) is 7.43. The number of nitrogens with zero attached hydrogens (tertiary/aromatic N) is 3. The van der Waals surface area contributed by atoms with Crippen molar-refractivity contribution in [2.45, 2.75) is 50.6 Å². The zero-order valence-electron chi connectivity index (χ0n) is 21.5. The lowest BCUT2D eigenvalue weighted by Gasteiger charge is -2.45. The zero-order valence-corrected chi connectivity index (χ0v) is 23.2. The second-order valence-electron chi connectivity index (χ2n) is 10.3. The molecular weight excluding hydrogens is 557 g/mol. The highest BCUT2D eigenvalue weighted by Gasteiger charge is 2.51. The van der Waals surface area contributed by atoms with Gasteiger partial charge in [0, 0.05) is 43.2 Å². The first-order valence-electron chi connectivity index (χ1n) is 12.2. The molecule has 0 radical (unpaired) electrons. The maximum atomic E-state index is 13.5. The van der Waals surface area contributed by atoms with E-state index in [1.807, 2.05) is 0 Å². The van der Waals surface area contributed by atoms with Crippen LogP contribution < -0.4 is 10.2 Å². The number of carbonyl (C=O) groups is 2. The standard InChI is InChI=1S/C25H29F3N4O5S2/c1-23(2)21(33)29-22(34)32(23)15-18-14-30(39(36,37)20-7-5-4-6-19(20)38)12-13-31(18)17-10-8-16(9-11-17)24(3,35)25(26,27)28/h4-5,7-11,18,35H,6,12-15H2,1-3H3,(H,29,33,34)/t18-,24-/m1/s1. The Morgan fingerprint density at radius 2 is 1.79 bits per heavy atom. The summed E-state index contributed by atoms with van der Waals surface area (Å²) in [6.45, 7) is 3.90. The summed E-state index contributed by atoms with van der Waals surface area (Å²) in [6, 6.07) is 3.87. The first-order chi connectivity index (χ1) is 18.0. The number of alkyl halides is 3. The summed E-state index contributed by atoms with van der Waals surface area (Å²) in [7, 11) is -3.97. The van der Waals surface area contributed by atoms with Gasteiger partial charge >= 0.3 is 12.2 Å². The molecule has 39 heavy (non-hydrogen) atoms. The fraction of sp³-hybridized carbons (Fsp3) is 0.480. The molecule has 3 aliphatic rings. The van der Waals surface area contributed by atoms with Gasteiger partial charge in [0.1, 0.15) is 5.54 Å². The summed E-state index contributed by atoms with van der Waals surface area (Å²) in [6.07, 6.45) is 0.261. The van der Waals surface area contributed by atoms with E-state index in [0.29, 0.717) is 19.0 Å². The van der Waals surface area contributed by atoms with E-state index in [1.165, 1.54) is 27.4 Å². The van der Waals surface area contributed by atoms with Crippen LogP contribution in [0, 0.1) is 0 Å². The van der Waals surface area contributed by atoms with E-state index in [0.717, 1.165) is 12.1 Å². The normalized spacial score (nSPS) is 24.0. The van der Waals surface area contributed by atoms with Crippen molar-refractivity contribution in [3.05, 3.63) is 53.0 Å². The van der Waals surface area contributed by atoms with E-state index in [9.17, 15) is 36.3 Å². The van der Waals surface area contributed by atoms with E-state index in [4.69, 9.17) is 12.2 Å². The van der Waals surface area contributed by atoms with Crippen molar-refractivity contribution in [1.82, 2.24) is 14.5 Å². The van der Waals surface area contributed by atoms with Gasteiger partial charge in [0.2, 0.25) is 10.0 Å². The van der Waals surface area contributed by atoms with Gasteiger partial charge in [-0.1, -0.05) is 36.5 Å². The number of urea groups is 1. The predicted molar refractivity (Wildman–Crippen MR) is 142 cm³/mol. The van der Waals surface area contributed by atoms with Crippen molar-refractivity contribution in [2.75, 3.05) is 31.1 Å². The largest absolute Gasteiger partial charge is 0.421 e. The summed E-state index contributed by atoms with van der Waals surface area (Å²) >= 11 is 5.28. The average molecular weight is 587 g/mol. The quantitative estimate of drug-likeness (QED) is 0.390. The first kappa shape index (κ1) is 29.2. The number of carbonyl (C=O) groups excluding carboxylic acids is 2. The van der Waals surface area contributed by atoms with Crippen LogP contribution in [0.5, 0.6) is 0 Å². The molecule has 9 nitrogen and oxygen atoms in total. The van der Waals surface area contributed by atoms with Crippen molar-refractivity contribution in [3.8, 4) is 0 Å². The number of piperazine rings is 1. The van der Waals surface area contributed by atoms with Gasteiger partial charge in [0.25, 0.3) is 5.91 Å². The number of nitrogens with one attached hydrogen (secondary N) is 1. The molecule has 2 atom stereocenters. The summed E-state index contributed by atoms with van der Waals surface area (Å²) < 4.78 is 68.3. The maximum absolute atomic E-state index is 13.5. The summed E-state index contributed by atoms with van der Waals surface area (Å²) in [5.74, 6) is -0.498. The van der Waals surface area contributed by atoms with Gasteiger partial charge in [0.05, 0.1) is 10.9 Å². The van der Waals surface area contributed by atoms with E-state index in [-0.39, 0.29) is 41.5 Å². The number of aliphatic hydroxyl groups is 1. The highest BCUT2D eigenvalue weighted by molar-refractivity contribution is 7.96. The van der Waals surface area contributed by atoms with Crippen LogP contribution in [0.1, 0.15) is 32.8 Å². The van der Waals surface area contributed by atoms with E-state index < -0.39 is 45.3 Å². The SMILES string of the molecule is CC1(C)C(=O)NC(=O)N1C[C@H]1CN(S(=O)(=O)C2=CC=CCC2=S)CCN1c1ccc([C@@](C)(O)C(F)(F)F)cc1. The number of allylic oxidation sites excluding steroid dienone is 4. The fourth-order valence-electron chi connectivity index (χ4n) is 4.79. The lowest BCUT2D eigenvalue weighted by Crippen LogP contribution is -2.60. The molecular formula is C25H29F3N4O5S2. The number of sulfonamides is 1. The van der Waals surface area contributed by atoms with Crippen LogP contribution >= 0.6 is 12.2 Å². The lowest BCUT2D eigenvalue weighted by molar-refractivity contribution is -0.258. The maximum Gasteiger partial charge on any atom is 0.421 e. The smallest absolute Gasteiger partial charge is 0.376 e. The van der Waals surface area contributed by atoms with Crippen LogP contribution in [0.2, 0.25) is 0 Å². The van der Waals surface area contributed by atoms with Gasteiger partial charge < -0.3 is 14.9 Å². The molecule has 2 saturated heterocycles. The number of hydrogen-bond donors (Lipinski definition) is 2. The summed E-state index contributed by atoms with van der Waals surface area (Å²) in [5, 5.41) is 12.3. The molecule has 0 bridgehead atoms. The van der Waals surface area contributed by atoms with E-state index >= 15 is 0 Å². The van der Waals surface area contributed by atoms with Gasteiger partial charge in [-0.2, -0.15) is 17.5 Å². The molecule has 0 unspecified atom stereocenters. The predicted octanol–water partition coefficient (Wildman–Crippen LogP) is 2.82. The first-order valence-corrected chi connectivity index (χ1v) is 14.0. The highest BCUT2D eigenvalue weighted by atomic mass is 32.2. The zero-order chi connectivity index (χ0) is 29.0. The topological polar surface area (TPSA) is 110 Å². The molecule has 2 heterocycles. The number of amides is 3. The second-order valence-corrected chi connectivity index (χ2v) is 12.7. The van der Waals surface area contributed by atoms with Crippen LogP contribution in [-0.4, -0.2) is 83.5 Å². The molecule has 4 rings (SSSR count). The van der Waals surface area contributed by atoms with Crippen molar-refractivity contribution in [2.24, 2.45) is 0 Å². The van der Waals surface area contributed by atoms with Crippen LogP contribution in [0.25, 0.3) is 0 Å². The van der Waals surface area contributed by atoms with Crippen LogP contribution in [-0.2, 0) is 20.4 Å². The minimum absolute atomic E-state index is 0.0281. The van der Waals surface area contributed by atoms with E-state index in [2.05, 4.69) is 5.32 Å². The molecule has 0 saturated carbocycles. The van der Waals surface area contributed by atoms with Gasteiger partial charge in [-0.15, -0.1) is 0 Å². The third kappa shape index (κ3) is 5.22. The molecule has 2 aliphatic heterocycles. The van der Waals surface area contributed by atoms with Crippen molar-refractivity contribution in [1.29, 1.82) is 0 Å². The number of anilines is 1. The monoisotopic (exact) mass is 586 g/mol. The van der Waals surface area contributed by atoms with E-state index in [1.54, 1.807) is 30.9 Å². The summed E-state index contributed by atoms with van der Waals surface area (Å²) in [4.78, 5) is 28.4. The third-order valence-corrected chi connectivity index (χ3v) is 9.89. The number of benzene rings is 1. The molecule has 2 N–H and O–H groups in total. The fourth-order valence-corrected chi connectivity index (χ4v) is 6.86. The Balaban J connectivity index is 1.67. The highest BCUT2D eigenvalue weighted by Crippen LogP contribution is 2.39. The number of rotatable bonds is 6. The number of thiocarbonyl (C=S) groups is 1. The number of imide groups is 1. The van der Waals surface area contributed by atoms with Crippen LogP contribution in [0.3, 0.4) is 0 Å². The molecule has 14 heteroatoms. The molecule has 0 aromatic heterocycles. The lowest BCUT2D eigenvalue weighted by atomic mass is 9.95. The Bertz CT molecular complexity index is 1350. The second kappa shape index (κ2) is 9.98.